The second-order valence-electron chi connectivity index (χ2n) is 6.70. The van der Waals surface area contributed by atoms with Gasteiger partial charge in [-0.05, 0) is 42.3 Å². The van der Waals surface area contributed by atoms with Gasteiger partial charge in [0.05, 0.1) is 13.0 Å². The SMILES string of the molecule is COc1ccc(NC(=O)[C@H](C)NC(=O)C(c2ccccc2)c2ccccc2)cc1. The summed E-state index contributed by atoms with van der Waals surface area (Å²) in [5.74, 6) is -0.297. The molecule has 1 atom stereocenters. The number of hydrogen-bond donors (Lipinski definition) is 2. The summed E-state index contributed by atoms with van der Waals surface area (Å²) in [4.78, 5) is 25.6. The van der Waals surface area contributed by atoms with E-state index in [0.717, 1.165) is 11.1 Å². The molecule has 0 unspecified atom stereocenters. The summed E-state index contributed by atoms with van der Waals surface area (Å²) in [5.41, 5.74) is 2.39. The first-order chi connectivity index (χ1) is 14.1. The fourth-order valence-electron chi connectivity index (χ4n) is 3.07. The van der Waals surface area contributed by atoms with E-state index in [1.807, 2.05) is 60.7 Å². The summed E-state index contributed by atoms with van der Waals surface area (Å²) < 4.78 is 5.11. The van der Waals surface area contributed by atoms with Gasteiger partial charge in [0.15, 0.2) is 0 Å². The second-order valence-corrected chi connectivity index (χ2v) is 6.70. The van der Waals surface area contributed by atoms with Crippen LogP contribution in [0.4, 0.5) is 5.69 Å². The number of rotatable bonds is 7. The van der Waals surface area contributed by atoms with Gasteiger partial charge in [0, 0.05) is 5.69 Å². The van der Waals surface area contributed by atoms with Gasteiger partial charge in [0.25, 0.3) is 0 Å². The van der Waals surface area contributed by atoms with Crippen LogP contribution in [0.5, 0.6) is 5.75 Å². The monoisotopic (exact) mass is 388 g/mol. The molecule has 3 rings (SSSR count). The summed E-state index contributed by atoms with van der Waals surface area (Å²) in [6, 6.07) is 25.4. The fourth-order valence-corrected chi connectivity index (χ4v) is 3.07. The number of amides is 2. The first-order valence-electron chi connectivity index (χ1n) is 9.43. The number of carbonyl (C=O) groups is 2. The largest absolute Gasteiger partial charge is 0.497 e. The Hall–Kier alpha value is -3.60. The smallest absolute Gasteiger partial charge is 0.246 e. The Kier molecular flexibility index (Phi) is 6.63. The lowest BCUT2D eigenvalue weighted by molar-refractivity contribution is -0.126. The molecule has 0 bridgehead atoms. The zero-order valence-electron chi connectivity index (χ0n) is 16.5. The van der Waals surface area contributed by atoms with E-state index in [9.17, 15) is 9.59 Å². The van der Waals surface area contributed by atoms with Crippen molar-refractivity contribution < 1.29 is 14.3 Å². The highest BCUT2D eigenvalue weighted by molar-refractivity contribution is 5.98. The van der Waals surface area contributed by atoms with Crippen molar-refractivity contribution in [1.82, 2.24) is 5.32 Å². The van der Waals surface area contributed by atoms with Crippen LogP contribution < -0.4 is 15.4 Å². The average molecular weight is 388 g/mol. The van der Waals surface area contributed by atoms with Gasteiger partial charge in [0.2, 0.25) is 11.8 Å². The number of carbonyl (C=O) groups excluding carboxylic acids is 2. The lowest BCUT2D eigenvalue weighted by Gasteiger charge is -2.21. The molecule has 148 valence electrons. The van der Waals surface area contributed by atoms with Crippen molar-refractivity contribution in [2.45, 2.75) is 18.9 Å². The summed E-state index contributed by atoms with van der Waals surface area (Å²) in [6.45, 7) is 1.67. The van der Waals surface area contributed by atoms with E-state index in [-0.39, 0.29) is 11.8 Å². The van der Waals surface area contributed by atoms with E-state index in [4.69, 9.17) is 4.74 Å². The predicted molar refractivity (Wildman–Crippen MR) is 114 cm³/mol. The normalized spacial score (nSPS) is 11.6. The number of methoxy groups -OCH3 is 1. The Morgan fingerprint density at radius 2 is 1.28 bits per heavy atom. The van der Waals surface area contributed by atoms with E-state index in [1.54, 1.807) is 38.3 Å². The van der Waals surface area contributed by atoms with Crippen molar-refractivity contribution >= 4 is 17.5 Å². The van der Waals surface area contributed by atoms with Gasteiger partial charge in [-0.25, -0.2) is 0 Å². The van der Waals surface area contributed by atoms with Crippen LogP contribution >= 0.6 is 0 Å². The van der Waals surface area contributed by atoms with Crippen LogP contribution in [0.1, 0.15) is 24.0 Å². The number of nitrogens with one attached hydrogen (secondary N) is 2. The van der Waals surface area contributed by atoms with Crippen LogP contribution in [0.25, 0.3) is 0 Å². The molecular weight excluding hydrogens is 364 g/mol. The minimum absolute atomic E-state index is 0.222. The van der Waals surface area contributed by atoms with Gasteiger partial charge in [-0.15, -0.1) is 0 Å². The van der Waals surface area contributed by atoms with Crippen LogP contribution in [-0.4, -0.2) is 25.0 Å². The quantitative estimate of drug-likeness (QED) is 0.644. The second kappa shape index (κ2) is 9.55. The molecule has 5 nitrogen and oxygen atoms in total. The number of anilines is 1. The third-order valence-electron chi connectivity index (χ3n) is 4.64. The molecule has 0 aliphatic rings. The summed E-state index contributed by atoms with van der Waals surface area (Å²) in [5, 5.41) is 5.65. The summed E-state index contributed by atoms with van der Waals surface area (Å²) in [7, 11) is 1.58. The highest BCUT2D eigenvalue weighted by Gasteiger charge is 2.25. The molecule has 0 aliphatic carbocycles. The highest BCUT2D eigenvalue weighted by atomic mass is 16.5. The highest BCUT2D eigenvalue weighted by Crippen LogP contribution is 2.25. The van der Waals surface area contributed by atoms with Gasteiger partial charge < -0.3 is 15.4 Å². The lowest BCUT2D eigenvalue weighted by atomic mass is 9.90. The Balaban J connectivity index is 1.72. The van der Waals surface area contributed by atoms with Crippen molar-refractivity contribution in [2.75, 3.05) is 12.4 Å². The maximum atomic E-state index is 13.1. The molecule has 0 heterocycles. The average Bonchev–Trinajstić information content (AvgIpc) is 2.76. The molecule has 2 N–H and O–H groups in total. The number of hydrogen-bond acceptors (Lipinski definition) is 3. The minimum Gasteiger partial charge on any atom is -0.497 e. The van der Waals surface area contributed by atoms with Crippen molar-refractivity contribution in [3.05, 3.63) is 96.1 Å². The van der Waals surface area contributed by atoms with Crippen molar-refractivity contribution in [3.8, 4) is 5.75 Å². The lowest BCUT2D eigenvalue weighted by Crippen LogP contribution is -2.43. The predicted octanol–water partition coefficient (Wildman–Crippen LogP) is 3.97. The Morgan fingerprint density at radius 3 is 1.76 bits per heavy atom. The van der Waals surface area contributed by atoms with Gasteiger partial charge in [-0.2, -0.15) is 0 Å². The molecular formula is C24H24N2O3. The molecule has 0 aliphatic heterocycles. The molecule has 0 spiro atoms. The zero-order chi connectivity index (χ0) is 20.6. The fraction of sp³-hybridized carbons (Fsp3) is 0.167. The third-order valence-corrected chi connectivity index (χ3v) is 4.64. The molecule has 2 amide bonds. The Bertz CT molecular complexity index is 901. The molecule has 5 heteroatoms. The summed E-state index contributed by atoms with van der Waals surface area (Å²) in [6.07, 6.45) is 0. The molecule has 0 radical (unpaired) electrons. The van der Waals surface area contributed by atoms with E-state index < -0.39 is 12.0 Å². The Labute approximate surface area is 170 Å². The van der Waals surface area contributed by atoms with E-state index in [2.05, 4.69) is 10.6 Å². The Morgan fingerprint density at radius 1 is 0.759 bits per heavy atom. The van der Waals surface area contributed by atoms with Gasteiger partial charge in [0.1, 0.15) is 11.8 Å². The van der Waals surface area contributed by atoms with Crippen LogP contribution in [0, 0.1) is 0 Å². The van der Waals surface area contributed by atoms with Crippen LogP contribution in [-0.2, 0) is 9.59 Å². The molecule has 29 heavy (non-hydrogen) atoms. The maximum absolute atomic E-state index is 13.1. The molecule has 3 aromatic carbocycles. The first-order valence-corrected chi connectivity index (χ1v) is 9.43. The van der Waals surface area contributed by atoms with Gasteiger partial charge in [-0.3, -0.25) is 9.59 Å². The molecule has 0 saturated carbocycles. The topological polar surface area (TPSA) is 67.4 Å². The van der Waals surface area contributed by atoms with Crippen molar-refractivity contribution in [3.63, 3.8) is 0 Å². The standard InChI is InChI=1S/C24H24N2O3/c1-17(23(27)26-20-13-15-21(29-2)16-14-20)25-24(28)22(18-9-5-3-6-10-18)19-11-7-4-8-12-19/h3-17,22H,1-2H3,(H,25,28)(H,26,27)/t17-/m0/s1. The third kappa shape index (κ3) is 5.23. The van der Waals surface area contributed by atoms with Crippen molar-refractivity contribution in [2.24, 2.45) is 0 Å². The van der Waals surface area contributed by atoms with E-state index >= 15 is 0 Å². The zero-order valence-corrected chi connectivity index (χ0v) is 16.5. The van der Waals surface area contributed by atoms with Gasteiger partial charge >= 0.3 is 0 Å². The van der Waals surface area contributed by atoms with Crippen LogP contribution in [0.2, 0.25) is 0 Å². The molecule has 3 aromatic rings. The number of benzene rings is 3. The molecule has 0 saturated heterocycles. The first kappa shape index (κ1) is 20.1. The van der Waals surface area contributed by atoms with E-state index in [1.165, 1.54) is 0 Å². The van der Waals surface area contributed by atoms with Crippen molar-refractivity contribution in [1.29, 1.82) is 0 Å². The van der Waals surface area contributed by atoms with E-state index in [0.29, 0.717) is 11.4 Å². The minimum atomic E-state index is -0.695. The number of ether oxygens (including phenoxy) is 1. The molecule has 0 fully saturated rings. The van der Waals surface area contributed by atoms with Crippen LogP contribution in [0.3, 0.4) is 0 Å². The maximum Gasteiger partial charge on any atom is 0.246 e. The van der Waals surface area contributed by atoms with Gasteiger partial charge in [-0.1, -0.05) is 60.7 Å². The van der Waals surface area contributed by atoms with Crippen LogP contribution in [0.15, 0.2) is 84.9 Å². The molecule has 0 aromatic heterocycles. The summed E-state index contributed by atoms with van der Waals surface area (Å²) >= 11 is 0.